The Balaban J connectivity index is 1.67. The summed E-state index contributed by atoms with van der Waals surface area (Å²) >= 11 is 0. The van der Waals surface area contributed by atoms with Gasteiger partial charge >= 0.3 is 0 Å². The molecule has 78 valence electrons. The summed E-state index contributed by atoms with van der Waals surface area (Å²) in [6.45, 7) is 4.28. The van der Waals surface area contributed by atoms with Crippen molar-refractivity contribution in [1.29, 1.82) is 0 Å². The van der Waals surface area contributed by atoms with E-state index in [0.717, 1.165) is 18.8 Å². The fourth-order valence-electron chi connectivity index (χ4n) is 1.68. The van der Waals surface area contributed by atoms with Gasteiger partial charge in [-0.1, -0.05) is 0 Å². The summed E-state index contributed by atoms with van der Waals surface area (Å²) in [5, 5.41) is 3.38. The van der Waals surface area contributed by atoms with Crippen LogP contribution in [0.3, 0.4) is 0 Å². The highest BCUT2D eigenvalue weighted by Crippen LogP contribution is 2.07. The predicted octanol–water partition coefficient (Wildman–Crippen LogP) is 1.25. The molecule has 2 heterocycles. The van der Waals surface area contributed by atoms with E-state index in [9.17, 15) is 0 Å². The van der Waals surface area contributed by atoms with Crippen LogP contribution in [0.2, 0.25) is 0 Å². The number of aromatic nitrogens is 1. The second-order valence-corrected chi connectivity index (χ2v) is 3.67. The Labute approximate surface area is 83.7 Å². The largest absolute Gasteiger partial charge is 0.449 e. The Bertz CT molecular complexity index is 279. The van der Waals surface area contributed by atoms with Gasteiger partial charge < -0.3 is 14.5 Å². The van der Waals surface area contributed by atoms with Crippen molar-refractivity contribution in [2.24, 2.45) is 0 Å². The fraction of sp³-hybridized carbons (Fsp3) is 0.700. The lowest BCUT2D eigenvalue weighted by molar-refractivity contribution is 0.101. The van der Waals surface area contributed by atoms with Crippen LogP contribution in [0, 0.1) is 6.92 Å². The van der Waals surface area contributed by atoms with Gasteiger partial charge in [0.2, 0.25) is 0 Å². The van der Waals surface area contributed by atoms with Crippen LogP contribution in [-0.2, 0) is 11.3 Å². The van der Waals surface area contributed by atoms with Crippen LogP contribution >= 0.6 is 0 Å². The van der Waals surface area contributed by atoms with Crippen LogP contribution in [0.4, 0.5) is 0 Å². The predicted molar refractivity (Wildman–Crippen MR) is 51.9 cm³/mol. The first-order valence-corrected chi connectivity index (χ1v) is 5.07. The van der Waals surface area contributed by atoms with Gasteiger partial charge in [0.1, 0.15) is 12.0 Å². The molecule has 4 nitrogen and oxygen atoms in total. The molecule has 1 aromatic heterocycles. The Morgan fingerprint density at radius 2 is 2.64 bits per heavy atom. The standard InChI is InChI=1S/C10H16N2O2/c1-8-12-10(7-14-8)6-13-5-9-3-2-4-11-9/h7,9,11H,2-6H2,1H3/t9-/m1/s1. The van der Waals surface area contributed by atoms with E-state index in [1.54, 1.807) is 6.26 Å². The van der Waals surface area contributed by atoms with Crippen molar-refractivity contribution in [3.8, 4) is 0 Å². The molecule has 1 saturated heterocycles. The van der Waals surface area contributed by atoms with Crippen molar-refractivity contribution in [2.45, 2.75) is 32.4 Å². The van der Waals surface area contributed by atoms with E-state index >= 15 is 0 Å². The first-order chi connectivity index (χ1) is 6.84. The van der Waals surface area contributed by atoms with Crippen LogP contribution in [0.15, 0.2) is 10.7 Å². The smallest absolute Gasteiger partial charge is 0.191 e. The van der Waals surface area contributed by atoms with E-state index in [4.69, 9.17) is 9.15 Å². The van der Waals surface area contributed by atoms with E-state index < -0.39 is 0 Å². The van der Waals surface area contributed by atoms with Gasteiger partial charge in [0.05, 0.1) is 13.2 Å². The molecule has 0 radical (unpaired) electrons. The summed E-state index contributed by atoms with van der Waals surface area (Å²) in [4.78, 5) is 4.16. The minimum absolute atomic E-state index is 0.531. The van der Waals surface area contributed by atoms with Crippen LogP contribution in [-0.4, -0.2) is 24.2 Å². The molecule has 4 heteroatoms. The van der Waals surface area contributed by atoms with Crippen molar-refractivity contribution < 1.29 is 9.15 Å². The minimum atomic E-state index is 0.531. The highest BCUT2D eigenvalue weighted by atomic mass is 16.5. The number of nitrogens with zero attached hydrogens (tertiary/aromatic N) is 1. The average molecular weight is 196 g/mol. The molecule has 0 aromatic carbocycles. The van der Waals surface area contributed by atoms with E-state index in [1.165, 1.54) is 12.8 Å². The van der Waals surface area contributed by atoms with Gasteiger partial charge in [-0.2, -0.15) is 0 Å². The molecule has 0 aliphatic carbocycles. The zero-order valence-electron chi connectivity index (χ0n) is 8.45. The Hall–Kier alpha value is -0.870. The molecular weight excluding hydrogens is 180 g/mol. The second kappa shape index (κ2) is 4.57. The van der Waals surface area contributed by atoms with Crippen LogP contribution in [0.1, 0.15) is 24.4 Å². The van der Waals surface area contributed by atoms with Crippen molar-refractivity contribution in [1.82, 2.24) is 10.3 Å². The van der Waals surface area contributed by atoms with Gasteiger partial charge in [-0.25, -0.2) is 4.98 Å². The topological polar surface area (TPSA) is 47.3 Å². The summed E-state index contributed by atoms with van der Waals surface area (Å²) in [5.74, 6) is 0.697. The first-order valence-electron chi connectivity index (χ1n) is 5.07. The maximum Gasteiger partial charge on any atom is 0.191 e. The molecule has 1 atom stereocenters. The fourth-order valence-corrected chi connectivity index (χ4v) is 1.68. The molecule has 1 fully saturated rings. The number of rotatable bonds is 4. The molecule has 1 aromatic rings. The molecular formula is C10H16N2O2. The third-order valence-electron chi connectivity index (χ3n) is 2.40. The minimum Gasteiger partial charge on any atom is -0.449 e. The summed E-state index contributed by atoms with van der Waals surface area (Å²) in [7, 11) is 0. The summed E-state index contributed by atoms with van der Waals surface area (Å²) in [5.41, 5.74) is 0.875. The highest BCUT2D eigenvalue weighted by molar-refractivity contribution is 4.93. The van der Waals surface area contributed by atoms with Crippen LogP contribution in [0.5, 0.6) is 0 Å². The maximum atomic E-state index is 5.53. The maximum absolute atomic E-state index is 5.53. The zero-order valence-corrected chi connectivity index (χ0v) is 8.45. The first kappa shape index (κ1) is 9.68. The molecule has 0 bridgehead atoms. The number of ether oxygens (including phenoxy) is 1. The van der Waals surface area contributed by atoms with Crippen LogP contribution < -0.4 is 5.32 Å². The van der Waals surface area contributed by atoms with Crippen molar-refractivity contribution in [3.63, 3.8) is 0 Å². The van der Waals surface area contributed by atoms with E-state index in [-0.39, 0.29) is 0 Å². The van der Waals surface area contributed by atoms with Gasteiger partial charge in [0, 0.05) is 13.0 Å². The second-order valence-electron chi connectivity index (χ2n) is 3.67. The molecule has 1 aliphatic rings. The molecule has 1 N–H and O–H groups in total. The summed E-state index contributed by atoms with van der Waals surface area (Å²) < 4.78 is 10.6. The Morgan fingerprint density at radius 1 is 1.71 bits per heavy atom. The lowest BCUT2D eigenvalue weighted by atomic mass is 10.2. The van der Waals surface area contributed by atoms with Gasteiger partial charge in [0.25, 0.3) is 0 Å². The van der Waals surface area contributed by atoms with Gasteiger partial charge in [0.15, 0.2) is 5.89 Å². The van der Waals surface area contributed by atoms with Crippen molar-refractivity contribution in [3.05, 3.63) is 17.8 Å². The monoisotopic (exact) mass is 196 g/mol. The SMILES string of the molecule is Cc1nc(COC[C@H]2CCCN2)co1. The molecule has 1 aliphatic heterocycles. The molecule has 0 amide bonds. The Morgan fingerprint density at radius 3 is 3.29 bits per heavy atom. The van der Waals surface area contributed by atoms with Gasteiger partial charge in [-0.15, -0.1) is 0 Å². The zero-order chi connectivity index (χ0) is 9.80. The molecule has 0 unspecified atom stereocenters. The van der Waals surface area contributed by atoms with E-state index in [2.05, 4.69) is 10.3 Å². The number of hydrogen-bond acceptors (Lipinski definition) is 4. The summed E-state index contributed by atoms with van der Waals surface area (Å²) in [6.07, 6.45) is 4.13. The third kappa shape index (κ3) is 2.56. The van der Waals surface area contributed by atoms with E-state index in [0.29, 0.717) is 18.5 Å². The number of oxazole rings is 1. The van der Waals surface area contributed by atoms with Gasteiger partial charge in [-0.05, 0) is 19.4 Å². The Kier molecular flexibility index (Phi) is 3.16. The van der Waals surface area contributed by atoms with Gasteiger partial charge in [-0.3, -0.25) is 0 Å². The average Bonchev–Trinajstić information content (AvgIpc) is 2.77. The number of aryl methyl sites for hydroxylation is 1. The van der Waals surface area contributed by atoms with E-state index in [1.807, 2.05) is 6.92 Å². The number of nitrogens with one attached hydrogen (secondary N) is 1. The molecule has 0 spiro atoms. The molecule has 0 saturated carbocycles. The number of hydrogen-bond donors (Lipinski definition) is 1. The van der Waals surface area contributed by atoms with Crippen LogP contribution in [0.25, 0.3) is 0 Å². The lowest BCUT2D eigenvalue weighted by Gasteiger charge is -2.09. The third-order valence-corrected chi connectivity index (χ3v) is 2.40. The normalized spacial score (nSPS) is 21.6. The van der Waals surface area contributed by atoms with Crippen molar-refractivity contribution in [2.75, 3.05) is 13.2 Å². The van der Waals surface area contributed by atoms with Crippen molar-refractivity contribution >= 4 is 0 Å². The lowest BCUT2D eigenvalue weighted by Crippen LogP contribution is -2.26. The molecule has 2 rings (SSSR count). The highest BCUT2D eigenvalue weighted by Gasteiger charge is 2.13. The summed E-state index contributed by atoms with van der Waals surface area (Å²) in [6, 6.07) is 0.531. The molecule has 14 heavy (non-hydrogen) atoms. The quantitative estimate of drug-likeness (QED) is 0.787.